The van der Waals surface area contributed by atoms with Crippen LogP contribution >= 0.6 is 0 Å². The molecule has 1 atom stereocenters. The predicted octanol–water partition coefficient (Wildman–Crippen LogP) is 2.41. The van der Waals surface area contributed by atoms with Crippen molar-refractivity contribution in [1.82, 2.24) is 15.0 Å². The quantitative estimate of drug-likeness (QED) is 0.930. The van der Waals surface area contributed by atoms with Crippen molar-refractivity contribution in [2.75, 3.05) is 6.54 Å². The van der Waals surface area contributed by atoms with E-state index in [1.807, 2.05) is 19.1 Å². The number of aromatic nitrogens is 2. The summed E-state index contributed by atoms with van der Waals surface area (Å²) in [5.74, 6) is -0.190. The standard InChI is InChI=1S/C15H17N3O3/c1-10-8-13(17-21-10)14-6-3-7-18(14)9-11-4-2-5-12(16-11)15(19)20/h2,4-5,8,14H,3,6-7,9H2,1H3,(H,19,20)/t14-/m0/s1. The molecule has 3 heterocycles. The number of pyridine rings is 1. The molecule has 0 radical (unpaired) electrons. The van der Waals surface area contributed by atoms with E-state index in [-0.39, 0.29) is 11.7 Å². The molecule has 110 valence electrons. The second kappa shape index (κ2) is 5.65. The Morgan fingerprint density at radius 3 is 3.10 bits per heavy atom. The molecule has 0 bridgehead atoms. The average Bonchev–Trinajstić information content (AvgIpc) is 3.08. The van der Waals surface area contributed by atoms with E-state index < -0.39 is 5.97 Å². The number of hydrogen-bond acceptors (Lipinski definition) is 5. The van der Waals surface area contributed by atoms with Crippen molar-refractivity contribution >= 4 is 5.97 Å². The summed E-state index contributed by atoms with van der Waals surface area (Å²) >= 11 is 0. The highest BCUT2D eigenvalue weighted by molar-refractivity contribution is 5.85. The van der Waals surface area contributed by atoms with Gasteiger partial charge in [-0.1, -0.05) is 11.2 Å². The summed E-state index contributed by atoms with van der Waals surface area (Å²) in [7, 11) is 0. The number of carboxylic acid groups (broad SMARTS) is 1. The lowest BCUT2D eigenvalue weighted by Gasteiger charge is -2.22. The van der Waals surface area contributed by atoms with Gasteiger partial charge in [0.1, 0.15) is 17.1 Å². The van der Waals surface area contributed by atoms with Crippen LogP contribution in [0.5, 0.6) is 0 Å². The van der Waals surface area contributed by atoms with Gasteiger partial charge in [-0.05, 0) is 38.4 Å². The molecule has 1 aliphatic rings. The van der Waals surface area contributed by atoms with E-state index in [9.17, 15) is 4.79 Å². The maximum atomic E-state index is 11.0. The van der Waals surface area contributed by atoms with Crippen molar-refractivity contribution in [3.05, 3.63) is 47.1 Å². The molecule has 1 fully saturated rings. The third-order valence-electron chi connectivity index (χ3n) is 3.74. The second-order valence-corrected chi connectivity index (χ2v) is 5.31. The summed E-state index contributed by atoms with van der Waals surface area (Å²) in [5, 5.41) is 13.1. The number of hydrogen-bond donors (Lipinski definition) is 1. The van der Waals surface area contributed by atoms with Gasteiger partial charge < -0.3 is 9.63 Å². The molecule has 2 aromatic rings. The highest BCUT2D eigenvalue weighted by atomic mass is 16.5. The number of nitrogens with zero attached hydrogens (tertiary/aromatic N) is 3. The highest BCUT2D eigenvalue weighted by Gasteiger charge is 2.28. The van der Waals surface area contributed by atoms with Crippen LogP contribution in [0.4, 0.5) is 0 Å². The van der Waals surface area contributed by atoms with Crippen LogP contribution in [-0.4, -0.2) is 32.7 Å². The molecule has 6 heteroatoms. The van der Waals surface area contributed by atoms with Crippen molar-refractivity contribution in [3.8, 4) is 0 Å². The van der Waals surface area contributed by atoms with Gasteiger partial charge in [0.05, 0.1) is 11.7 Å². The number of carboxylic acids is 1. The zero-order valence-corrected chi connectivity index (χ0v) is 11.8. The van der Waals surface area contributed by atoms with Gasteiger partial charge in [0, 0.05) is 12.6 Å². The summed E-state index contributed by atoms with van der Waals surface area (Å²) in [4.78, 5) is 17.4. The molecule has 0 amide bonds. The van der Waals surface area contributed by atoms with Crippen molar-refractivity contribution in [2.45, 2.75) is 32.4 Å². The maximum absolute atomic E-state index is 11.0. The van der Waals surface area contributed by atoms with E-state index >= 15 is 0 Å². The minimum Gasteiger partial charge on any atom is -0.477 e. The Morgan fingerprint density at radius 2 is 2.38 bits per heavy atom. The molecular formula is C15H17N3O3. The van der Waals surface area contributed by atoms with Gasteiger partial charge in [0.25, 0.3) is 0 Å². The predicted molar refractivity (Wildman–Crippen MR) is 74.8 cm³/mol. The number of carbonyl (C=O) groups is 1. The first kappa shape index (κ1) is 13.8. The van der Waals surface area contributed by atoms with Crippen LogP contribution in [0.1, 0.15) is 46.5 Å². The summed E-state index contributed by atoms with van der Waals surface area (Å²) in [6.45, 7) is 3.46. The van der Waals surface area contributed by atoms with Crippen LogP contribution in [0.25, 0.3) is 0 Å². The molecule has 3 rings (SSSR count). The molecule has 0 unspecified atom stereocenters. The van der Waals surface area contributed by atoms with Crippen LogP contribution in [0.15, 0.2) is 28.8 Å². The molecule has 0 aromatic carbocycles. The van der Waals surface area contributed by atoms with E-state index in [1.165, 1.54) is 6.07 Å². The van der Waals surface area contributed by atoms with E-state index in [0.29, 0.717) is 6.54 Å². The van der Waals surface area contributed by atoms with Gasteiger partial charge in [-0.2, -0.15) is 0 Å². The van der Waals surface area contributed by atoms with Crippen molar-refractivity contribution in [1.29, 1.82) is 0 Å². The Bertz CT molecular complexity index is 653. The Morgan fingerprint density at radius 1 is 1.52 bits per heavy atom. The zero-order chi connectivity index (χ0) is 14.8. The van der Waals surface area contributed by atoms with Crippen LogP contribution in [0, 0.1) is 6.92 Å². The third kappa shape index (κ3) is 2.95. The summed E-state index contributed by atoms with van der Waals surface area (Å²) in [6.07, 6.45) is 2.12. The van der Waals surface area contributed by atoms with Gasteiger partial charge in [-0.15, -0.1) is 0 Å². The lowest BCUT2D eigenvalue weighted by atomic mass is 10.1. The van der Waals surface area contributed by atoms with Crippen molar-refractivity contribution < 1.29 is 14.4 Å². The van der Waals surface area contributed by atoms with Gasteiger partial charge in [-0.25, -0.2) is 9.78 Å². The Hall–Kier alpha value is -2.21. The molecular weight excluding hydrogens is 270 g/mol. The second-order valence-electron chi connectivity index (χ2n) is 5.31. The number of aromatic carboxylic acids is 1. The maximum Gasteiger partial charge on any atom is 0.354 e. The molecule has 1 saturated heterocycles. The average molecular weight is 287 g/mol. The third-order valence-corrected chi connectivity index (χ3v) is 3.74. The van der Waals surface area contributed by atoms with Gasteiger partial charge in [0.15, 0.2) is 0 Å². The molecule has 1 N–H and O–H groups in total. The van der Waals surface area contributed by atoms with Crippen LogP contribution in [0.3, 0.4) is 0 Å². The highest BCUT2D eigenvalue weighted by Crippen LogP contribution is 2.32. The molecule has 2 aromatic heterocycles. The minimum absolute atomic E-state index is 0.0838. The fourth-order valence-corrected chi connectivity index (χ4v) is 2.79. The Labute approximate surface area is 122 Å². The van der Waals surface area contributed by atoms with Crippen LogP contribution in [-0.2, 0) is 6.54 Å². The molecule has 1 aliphatic heterocycles. The van der Waals surface area contributed by atoms with E-state index in [1.54, 1.807) is 6.07 Å². The fraction of sp³-hybridized carbons (Fsp3) is 0.400. The van der Waals surface area contributed by atoms with Crippen LogP contribution < -0.4 is 0 Å². The zero-order valence-electron chi connectivity index (χ0n) is 11.8. The number of aryl methyl sites for hydroxylation is 1. The lowest BCUT2D eigenvalue weighted by molar-refractivity contribution is 0.0690. The first-order valence-electron chi connectivity index (χ1n) is 7.00. The van der Waals surface area contributed by atoms with Crippen molar-refractivity contribution in [2.24, 2.45) is 0 Å². The van der Waals surface area contributed by atoms with Gasteiger partial charge >= 0.3 is 5.97 Å². The fourth-order valence-electron chi connectivity index (χ4n) is 2.79. The first-order chi connectivity index (χ1) is 10.1. The van der Waals surface area contributed by atoms with E-state index in [0.717, 1.165) is 36.5 Å². The smallest absolute Gasteiger partial charge is 0.354 e. The van der Waals surface area contributed by atoms with E-state index in [4.69, 9.17) is 9.63 Å². The lowest BCUT2D eigenvalue weighted by Crippen LogP contribution is -2.23. The molecule has 0 saturated carbocycles. The van der Waals surface area contributed by atoms with Crippen molar-refractivity contribution in [3.63, 3.8) is 0 Å². The van der Waals surface area contributed by atoms with E-state index in [2.05, 4.69) is 15.0 Å². The molecule has 6 nitrogen and oxygen atoms in total. The summed E-state index contributed by atoms with van der Waals surface area (Å²) in [6, 6.07) is 7.28. The SMILES string of the molecule is Cc1cc([C@@H]2CCCN2Cc2cccc(C(=O)O)n2)no1. The van der Waals surface area contributed by atoms with Crippen LogP contribution in [0.2, 0.25) is 0 Å². The topological polar surface area (TPSA) is 79.5 Å². The first-order valence-corrected chi connectivity index (χ1v) is 7.00. The summed E-state index contributed by atoms with van der Waals surface area (Å²) in [5.41, 5.74) is 1.79. The Kier molecular flexibility index (Phi) is 3.70. The molecule has 0 spiro atoms. The minimum atomic E-state index is -0.998. The number of likely N-dealkylation sites (tertiary alicyclic amines) is 1. The van der Waals surface area contributed by atoms with Gasteiger partial charge in [0.2, 0.25) is 0 Å². The largest absolute Gasteiger partial charge is 0.477 e. The normalized spacial score (nSPS) is 19.0. The Balaban J connectivity index is 1.77. The monoisotopic (exact) mass is 287 g/mol. The molecule has 0 aliphatic carbocycles. The summed E-state index contributed by atoms with van der Waals surface area (Å²) < 4.78 is 5.16. The molecule has 21 heavy (non-hydrogen) atoms. The van der Waals surface area contributed by atoms with Gasteiger partial charge in [-0.3, -0.25) is 4.90 Å². The number of rotatable bonds is 4.